The van der Waals surface area contributed by atoms with Crippen molar-refractivity contribution in [3.63, 3.8) is 0 Å². The van der Waals surface area contributed by atoms with Gasteiger partial charge in [-0.05, 0) is 44.5 Å². The van der Waals surface area contributed by atoms with Crippen LogP contribution in [0.3, 0.4) is 0 Å². The molecule has 30 heavy (non-hydrogen) atoms. The molecular weight excluding hydrogens is 425 g/mol. The third-order valence-corrected chi connectivity index (χ3v) is 4.41. The van der Waals surface area contributed by atoms with Crippen LogP contribution in [0.1, 0.15) is 35.3 Å². The summed E-state index contributed by atoms with van der Waals surface area (Å²) in [6.07, 6.45) is -3.12. The lowest BCUT2D eigenvalue weighted by atomic mass is 10.0. The van der Waals surface area contributed by atoms with Gasteiger partial charge in [0.1, 0.15) is 17.1 Å². The molecule has 0 atom stereocenters. The highest BCUT2D eigenvalue weighted by Crippen LogP contribution is 2.39. The zero-order valence-corrected chi connectivity index (χ0v) is 17.0. The lowest BCUT2D eigenvalue weighted by Crippen LogP contribution is -2.41. The molecule has 1 N–H and O–H groups in total. The zero-order chi connectivity index (χ0) is 22.9. The van der Waals surface area contributed by atoms with Gasteiger partial charge in [-0.25, -0.2) is 0 Å². The van der Waals surface area contributed by atoms with E-state index in [0.29, 0.717) is 0 Å². The molecule has 0 aliphatic carbocycles. The Morgan fingerprint density at radius 1 is 1.27 bits per heavy atom. The van der Waals surface area contributed by atoms with Crippen molar-refractivity contribution in [2.75, 3.05) is 0 Å². The van der Waals surface area contributed by atoms with Gasteiger partial charge in [0.15, 0.2) is 0 Å². The van der Waals surface area contributed by atoms with Crippen LogP contribution in [0.5, 0.6) is 11.5 Å². The van der Waals surface area contributed by atoms with Crippen molar-refractivity contribution in [3.05, 3.63) is 74.8 Å². The highest BCUT2D eigenvalue weighted by atomic mass is 35.5. The number of hydrogen-bond donors (Lipinski definition) is 1. The summed E-state index contributed by atoms with van der Waals surface area (Å²) in [5, 5.41) is 13.6. The van der Waals surface area contributed by atoms with Gasteiger partial charge in [-0.1, -0.05) is 17.7 Å². The summed E-state index contributed by atoms with van der Waals surface area (Å²) in [5.74, 6) is -0.810. The molecule has 6 nitrogen and oxygen atoms in total. The van der Waals surface area contributed by atoms with Crippen LogP contribution >= 0.6 is 11.6 Å². The number of carbonyl (C=O) groups excluding carboxylic acids is 1. The van der Waals surface area contributed by atoms with Crippen molar-refractivity contribution in [1.82, 2.24) is 5.32 Å². The summed E-state index contributed by atoms with van der Waals surface area (Å²) in [7, 11) is 0. The molecule has 0 aromatic heterocycles. The van der Waals surface area contributed by atoms with Crippen molar-refractivity contribution >= 4 is 23.2 Å². The largest absolute Gasteiger partial charge is 0.455 e. The van der Waals surface area contributed by atoms with Gasteiger partial charge < -0.3 is 10.1 Å². The van der Waals surface area contributed by atoms with Gasteiger partial charge in [-0.3, -0.25) is 14.9 Å². The first-order valence-corrected chi connectivity index (χ1v) is 8.92. The Labute approximate surface area is 175 Å². The van der Waals surface area contributed by atoms with Crippen LogP contribution in [0.25, 0.3) is 0 Å². The average Bonchev–Trinajstić information content (AvgIpc) is 2.63. The van der Waals surface area contributed by atoms with Gasteiger partial charge in [0.05, 0.1) is 21.0 Å². The van der Waals surface area contributed by atoms with E-state index in [1.54, 1.807) is 13.8 Å². The quantitative estimate of drug-likeness (QED) is 0.335. The predicted molar refractivity (Wildman–Crippen MR) is 106 cm³/mol. The lowest BCUT2D eigenvalue weighted by Gasteiger charge is -2.22. The van der Waals surface area contributed by atoms with Gasteiger partial charge in [0.2, 0.25) is 0 Å². The summed E-state index contributed by atoms with van der Waals surface area (Å²) in [5.41, 5.74) is -2.42. The van der Waals surface area contributed by atoms with E-state index in [2.05, 4.69) is 11.9 Å². The van der Waals surface area contributed by atoms with Crippen LogP contribution < -0.4 is 10.1 Å². The summed E-state index contributed by atoms with van der Waals surface area (Å²) < 4.78 is 44.3. The van der Waals surface area contributed by atoms with Crippen LogP contribution in [-0.4, -0.2) is 16.4 Å². The molecule has 10 heteroatoms. The van der Waals surface area contributed by atoms with Crippen LogP contribution in [0.2, 0.25) is 5.02 Å². The Hall–Kier alpha value is -3.07. The third-order valence-electron chi connectivity index (χ3n) is 4.13. The van der Waals surface area contributed by atoms with Crippen LogP contribution in [0, 0.1) is 17.0 Å². The van der Waals surface area contributed by atoms with E-state index in [0.717, 1.165) is 24.3 Å². The number of nitrogens with one attached hydrogen (secondary N) is 1. The average molecular weight is 443 g/mol. The van der Waals surface area contributed by atoms with Crippen molar-refractivity contribution in [2.24, 2.45) is 0 Å². The Kier molecular flexibility index (Phi) is 6.46. The van der Waals surface area contributed by atoms with Gasteiger partial charge in [-0.15, -0.1) is 6.58 Å². The van der Waals surface area contributed by atoms with Gasteiger partial charge >= 0.3 is 6.18 Å². The summed E-state index contributed by atoms with van der Waals surface area (Å²) in [6, 6.07) is 5.00. The molecule has 2 rings (SSSR count). The van der Waals surface area contributed by atoms with E-state index < -0.39 is 33.8 Å². The minimum atomic E-state index is -4.58. The standard InChI is InChI=1S/C20H18ClF3N2O4/c1-5-19(3,4)25-18(27)14-10-13(6-7-16(14)26(28)29)30-17-11(2)8-12(9-15(17)21)20(22,23)24/h5-10H,1H2,2-4H3,(H,25,27). The minimum absolute atomic E-state index is 0.00748. The number of nitrogens with zero attached hydrogens (tertiary/aromatic N) is 1. The predicted octanol–water partition coefficient (Wildman–Crippen LogP) is 6.06. The van der Waals surface area contributed by atoms with Crippen LogP contribution in [-0.2, 0) is 6.18 Å². The van der Waals surface area contributed by atoms with Gasteiger partial charge in [0.25, 0.3) is 11.6 Å². The number of nitro groups is 1. The second kappa shape index (κ2) is 8.35. The fraction of sp³-hybridized carbons (Fsp3) is 0.250. The summed E-state index contributed by atoms with van der Waals surface area (Å²) >= 11 is 5.96. The maximum Gasteiger partial charge on any atom is 0.416 e. The molecular formula is C20H18ClF3N2O4. The summed E-state index contributed by atoms with van der Waals surface area (Å²) in [4.78, 5) is 23.1. The minimum Gasteiger partial charge on any atom is -0.455 e. The monoisotopic (exact) mass is 442 g/mol. The first kappa shape index (κ1) is 23.2. The van der Waals surface area contributed by atoms with E-state index in [1.807, 2.05) is 0 Å². The molecule has 0 bridgehead atoms. The Balaban J connectivity index is 2.46. The first-order valence-electron chi connectivity index (χ1n) is 8.55. The molecule has 160 valence electrons. The number of amides is 1. The molecule has 0 fully saturated rings. The molecule has 2 aromatic rings. The number of aryl methyl sites for hydroxylation is 1. The normalized spacial score (nSPS) is 11.7. The lowest BCUT2D eigenvalue weighted by molar-refractivity contribution is -0.385. The molecule has 1 amide bonds. The fourth-order valence-electron chi connectivity index (χ4n) is 2.47. The van der Waals surface area contributed by atoms with Gasteiger partial charge in [-0.2, -0.15) is 13.2 Å². The van der Waals surface area contributed by atoms with E-state index in [9.17, 15) is 28.1 Å². The maximum absolute atomic E-state index is 12.9. The molecule has 0 aliphatic heterocycles. The van der Waals surface area contributed by atoms with E-state index in [-0.39, 0.29) is 27.6 Å². The maximum atomic E-state index is 12.9. The second-order valence-corrected chi connectivity index (χ2v) is 7.43. The number of rotatable bonds is 6. The van der Waals surface area contributed by atoms with E-state index in [1.165, 1.54) is 19.1 Å². The van der Waals surface area contributed by atoms with Gasteiger partial charge in [0, 0.05) is 12.1 Å². The Morgan fingerprint density at radius 3 is 2.40 bits per heavy atom. The third kappa shape index (κ3) is 5.29. The van der Waals surface area contributed by atoms with E-state index in [4.69, 9.17) is 16.3 Å². The number of carbonyl (C=O) groups is 1. The highest BCUT2D eigenvalue weighted by Gasteiger charge is 2.32. The SMILES string of the molecule is C=CC(C)(C)NC(=O)c1cc(Oc2c(C)cc(C(F)(F)F)cc2Cl)ccc1[N+](=O)[O-]. The number of alkyl halides is 3. The molecule has 0 saturated heterocycles. The number of ether oxygens (including phenoxy) is 1. The highest BCUT2D eigenvalue weighted by molar-refractivity contribution is 6.32. The Morgan fingerprint density at radius 2 is 1.90 bits per heavy atom. The molecule has 0 heterocycles. The number of nitro benzene ring substituents is 1. The molecule has 0 saturated carbocycles. The topological polar surface area (TPSA) is 81.5 Å². The Bertz CT molecular complexity index is 997. The zero-order valence-electron chi connectivity index (χ0n) is 16.3. The van der Waals surface area contributed by atoms with Crippen LogP contribution in [0.4, 0.5) is 18.9 Å². The van der Waals surface area contributed by atoms with E-state index >= 15 is 0 Å². The number of halogens is 4. The van der Waals surface area contributed by atoms with Crippen molar-refractivity contribution in [3.8, 4) is 11.5 Å². The molecule has 0 spiro atoms. The molecule has 2 aromatic carbocycles. The fourth-order valence-corrected chi connectivity index (χ4v) is 2.78. The first-order chi connectivity index (χ1) is 13.7. The molecule has 0 radical (unpaired) electrons. The number of hydrogen-bond acceptors (Lipinski definition) is 4. The number of benzene rings is 2. The second-order valence-electron chi connectivity index (χ2n) is 7.02. The summed E-state index contributed by atoms with van der Waals surface area (Å²) in [6.45, 7) is 8.26. The molecule has 0 aliphatic rings. The smallest absolute Gasteiger partial charge is 0.416 e. The van der Waals surface area contributed by atoms with Crippen molar-refractivity contribution in [1.29, 1.82) is 0 Å². The van der Waals surface area contributed by atoms with Crippen molar-refractivity contribution in [2.45, 2.75) is 32.5 Å². The van der Waals surface area contributed by atoms with Crippen LogP contribution in [0.15, 0.2) is 43.0 Å². The molecule has 0 unspecified atom stereocenters. The van der Waals surface area contributed by atoms with Crippen molar-refractivity contribution < 1.29 is 27.6 Å².